The Labute approximate surface area is 122 Å². The summed E-state index contributed by atoms with van der Waals surface area (Å²) < 4.78 is 18.5. The molecule has 1 saturated heterocycles. The van der Waals surface area contributed by atoms with Crippen LogP contribution < -0.4 is 10.1 Å². The lowest BCUT2D eigenvalue weighted by atomic mass is 10.2. The van der Waals surface area contributed by atoms with Gasteiger partial charge in [0.05, 0.1) is 5.02 Å². The third-order valence-corrected chi connectivity index (χ3v) is 3.63. The van der Waals surface area contributed by atoms with Crippen molar-refractivity contribution in [1.82, 2.24) is 10.2 Å². The van der Waals surface area contributed by atoms with Gasteiger partial charge in [-0.3, -0.25) is 4.79 Å². The molecule has 2 atom stereocenters. The summed E-state index contributed by atoms with van der Waals surface area (Å²) in [6.45, 7) is 5.87. The van der Waals surface area contributed by atoms with E-state index in [4.69, 9.17) is 16.3 Å². The Hall–Kier alpha value is -1.33. The van der Waals surface area contributed by atoms with Crippen LogP contribution in [0.5, 0.6) is 5.75 Å². The summed E-state index contributed by atoms with van der Waals surface area (Å²) in [6.07, 6.45) is -0.654. The van der Waals surface area contributed by atoms with Crippen LogP contribution in [0.25, 0.3) is 0 Å². The molecule has 4 nitrogen and oxygen atoms in total. The number of ether oxygens (including phenoxy) is 1. The first-order chi connectivity index (χ1) is 9.49. The molecule has 0 radical (unpaired) electrons. The maximum Gasteiger partial charge on any atom is 0.263 e. The normalized spacial score (nSPS) is 20.6. The zero-order valence-electron chi connectivity index (χ0n) is 11.5. The summed E-state index contributed by atoms with van der Waals surface area (Å²) in [5.74, 6) is -0.201. The van der Waals surface area contributed by atoms with E-state index in [-0.39, 0.29) is 17.0 Å². The number of amides is 1. The number of hydrogen-bond acceptors (Lipinski definition) is 3. The number of hydrogen-bond donors (Lipinski definition) is 1. The second kappa shape index (κ2) is 6.41. The Morgan fingerprint density at radius 2 is 2.35 bits per heavy atom. The first-order valence-corrected chi connectivity index (χ1v) is 6.99. The van der Waals surface area contributed by atoms with Crippen LogP contribution in [0.2, 0.25) is 5.02 Å². The molecule has 0 spiro atoms. The molecule has 1 aliphatic heterocycles. The van der Waals surface area contributed by atoms with E-state index in [2.05, 4.69) is 5.32 Å². The van der Waals surface area contributed by atoms with Crippen LogP contribution in [0.3, 0.4) is 0 Å². The maximum atomic E-state index is 13.0. The molecule has 1 aliphatic rings. The summed E-state index contributed by atoms with van der Waals surface area (Å²) in [4.78, 5) is 14.1. The van der Waals surface area contributed by atoms with Crippen LogP contribution in [0, 0.1) is 5.82 Å². The number of benzene rings is 1. The minimum Gasteiger partial charge on any atom is -0.479 e. The predicted molar refractivity (Wildman–Crippen MR) is 75.5 cm³/mol. The van der Waals surface area contributed by atoms with Crippen LogP contribution in [-0.4, -0.2) is 42.6 Å². The van der Waals surface area contributed by atoms with E-state index >= 15 is 0 Å². The Kier molecular flexibility index (Phi) is 4.83. The highest BCUT2D eigenvalue weighted by molar-refractivity contribution is 6.32. The van der Waals surface area contributed by atoms with Crippen LogP contribution in [0.1, 0.15) is 13.8 Å². The lowest BCUT2D eigenvalue weighted by Crippen LogP contribution is -2.55. The molecule has 2 rings (SSSR count). The topological polar surface area (TPSA) is 41.6 Å². The summed E-state index contributed by atoms with van der Waals surface area (Å²) >= 11 is 5.89. The van der Waals surface area contributed by atoms with Crippen molar-refractivity contribution in [3.63, 3.8) is 0 Å². The highest BCUT2D eigenvalue weighted by atomic mass is 35.5. The van der Waals surface area contributed by atoms with Crippen molar-refractivity contribution in [2.75, 3.05) is 19.6 Å². The average molecular weight is 301 g/mol. The molecule has 6 heteroatoms. The van der Waals surface area contributed by atoms with Gasteiger partial charge in [-0.15, -0.1) is 0 Å². The number of rotatable bonds is 3. The molecular formula is C14H18ClFN2O2. The van der Waals surface area contributed by atoms with Crippen molar-refractivity contribution >= 4 is 17.5 Å². The Morgan fingerprint density at radius 1 is 1.60 bits per heavy atom. The van der Waals surface area contributed by atoms with Crippen molar-refractivity contribution < 1.29 is 13.9 Å². The second-order valence-corrected chi connectivity index (χ2v) is 5.33. The molecule has 0 aromatic heterocycles. The SMILES string of the molecule is CC(Oc1ccc(F)cc1Cl)C(=O)N1CCNC[C@@H]1C. The van der Waals surface area contributed by atoms with Gasteiger partial charge in [-0.1, -0.05) is 11.6 Å². The van der Waals surface area contributed by atoms with E-state index < -0.39 is 11.9 Å². The molecule has 1 aromatic carbocycles. The van der Waals surface area contributed by atoms with Crippen LogP contribution in [0.15, 0.2) is 18.2 Å². The second-order valence-electron chi connectivity index (χ2n) is 4.92. The zero-order chi connectivity index (χ0) is 14.7. The standard InChI is InChI=1S/C14H18ClFN2O2/c1-9-8-17-5-6-18(9)14(19)10(2)20-13-4-3-11(16)7-12(13)15/h3-4,7,9-10,17H,5-6,8H2,1-2H3/t9-,10?/m0/s1. The molecule has 20 heavy (non-hydrogen) atoms. The highest BCUT2D eigenvalue weighted by Crippen LogP contribution is 2.26. The lowest BCUT2D eigenvalue weighted by molar-refractivity contribution is -0.140. The molecule has 1 fully saturated rings. The summed E-state index contributed by atoms with van der Waals surface area (Å²) in [7, 11) is 0. The smallest absolute Gasteiger partial charge is 0.263 e. The zero-order valence-corrected chi connectivity index (χ0v) is 12.3. The van der Waals surface area contributed by atoms with Gasteiger partial charge in [0.25, 0.3) is 5.91 Å². The fourth-order valence-electron chi connectivity index (χ4n) is 2.21. The van der Waals surface area contributed by atoms with Gasteiger partial charge < -0.3 is 15.0 Å². The number of carbonyl (C=O) groups is 1. The Bertz CT molecular complexity index is 498. The molecule has 110 valence electrons. The van der Waals surface area contributed by atoms with E-state index in [0.29, 0.717) is 12.3 Å². The third kappa shape index (κ3) is 3.41. The molecule has 1 N–H and O–H groups in total. The van der Waals surface area contributed by atoms with Gasteiger partial charge in [-0.25, -0.2) is 4.39 Å². The van der Waals surface area contributed by atoms with Crippen LogP contribution in [0.4, 0.5) is 4.39 Å². The number of halogens is 2. The van der Waals surface area contributed by atoms with Gasteiger partial charge in [-0.05, 0) is 32.0 Å². The van der Waals surface area contributed by atoms with Gasteiger partial charge in [-0.2, -0.15) is 0 Å². The molecule has 1 aromatic rings. The molecule has 1 unspecified atom stereocenters. The van der Waals surface area contributed by atoms with E-state index in [1.54, 1.807) is 11.8 Å². The minimum absolute atomic E-state index is 0.0839. The first kappa shape index (κ1) is 15.1. The van der Waals surface area contributed by atoms with E-state index in [9.17, 15) is 9.18 Å². The molecule has 0 bridgehead atoms. The Balaban J connectivity index is 2.03. The number of carbonyl (C=O) groups excluding carboxylic acids is 1. The highest BCUT2D eigenvalue weighted by Gasteiger charge is 2.28. The number of nitrogens with zero attached hydrogens (tertiary/aromatic N) is 1. The van der Waals surface area contributed by atoms with Gasteiger partial charge >= 0.3 is 0 Å². The van der Waals surface area contributed by atoms with Crippen LogP contribution in [-0.2, 0) is 4.79 Å². The average Bonchev–Trinajstić information content (AvgIpc) is 2.41. The Morgan fingerprint density at radius 3 is 3.00 bits per heavy atom. The molecule has 0 aliphatic carbocycles. The fraction of sp³-hybridized carbons (Fsp3) is 0.500. The predicted octanol–water partition coefficient (Wildman–Crippen LogP) is 2.07. The summed E-state index contributed by atoms with van der Waals surface area (Å²) in [6, 6.07) is 3.99. The van der Waals surface area contributed by atoms with Crippen molar-refractivity contribution in [3.05, 3.63) is 29.0 Å². The van der Waals surface area contributed by atoms with E-state index in [0.717, 1.165) is 13.1 Å². The number of piperazine rings is 1. The van der Waals surface area contributed by atoms with Gasteiger partial charge in [0.1, 0.15) is 11.6 Å². The van der Waals surface area contributed by atoms with Crippen molar-refractivity contribution in [3.8, 4) is 5.75 Å². The first-order valence-electron chi connectivity index (χ1n) is 6.62. The molecule has 1 heterocycles. The fourth-order valence-corrected chi connectivity index (χ4v) is 2.43. The summed E-state index contributed by atoms with van der Waals surface area (Å²) in [5, 5.41) is 3.39. The maximum absolute atomic E-state index is 13.0. The molecule has 0 saturated carbocycles. The van der Waals surface area contributed by atoms with Gasteiger partial charge in [0, 0.05) is 25.7 Å². The molecule has 1 amide bonds. The monoisotopic (exact) mass is 300 g/mol. The number of nitrogens with one attached hydrogen (secondary N) is 1. The van der Waals surface area contributed by atoms with Crippen LogP contribution >= 0.6 is 11.6 Å². The van der Waals surface area contributed by atoms with Crippen molar-refractivity contribution in [1.29, 1.82) is 0 Å². The summed E-state index contributed by atoms with van der Waals surface area (Å²) in [5.41, 5.74) is 0. The largest absolute Gasteiger partial charge is 0.479 e. The third-order valence-electron chi connectivity index (χ3n) is 3.33. The lowest BCUT2D eigenvalue weighted by Gasteiger charge is -2.35. The van der Waals surface area contributed by atoms with Crippen molar-refractivity contribution in [2.24, 2.45) is 0 Å². The van der Waals surface area contributed by atoms with Gasteiger partial charge in [0.2, 0.25) is 0 Å². The van der Waals surface area contributed by atoms with Crippen molar-refractivity contribution in [2.45, 2.75) is 26.0 Å². The quantitative estimate of drug-likeness (QED) is 0.929. The van der Waals surface area contributed by atoms with Gasteiger partial charge in [0.15, 0.2) is 6.10 Å². The minimum atomic E-state index is -0.654. The molecular weight excluding hydrogens is 283 g/mol. The van der Waals surface area contributed by atoms with E-state index in [1.807, 2.05) is 6.92 Å². The van der Waals surface area contributed by atoms with E-state index in [1.165, 1.54) is 18.2 Å².